The van der Waals surface area contributed by atoms with Gasteiger partial charge < -0.3 is 15.1 Å². The SMILES string of the molecule is CC(CCc1ccco1)NC(=S)NC1CCCC1. The molecule has 0 bridgehead atoms. The number of hydrogen-bond acceptors (Lipinski definition) is 2. The maximum Gasteiger partial charge on any atom is 0.166 e. The fraction of sp³-hybridized carbons (Fsp3) is 0.643. The molecule has 1 atom stereocenters. The maximum atomic E-state index is 5.34. The molecule has 0 amide bonds. The third-order valence-electron chi connectivity index (χ3n) is 3.47. The lowest BCUT2D eigenvalue weighted by Gasteiger charge is -2.19. The van der Waals surface area contributed by atoms with Crippen molar-refractivity contribution in [2.45, 2.75) is 57.5 Å². The Morgan fingerprint density at radius 2 is 2.28 bits per heavy atom. The van der Waals surface area contributed by atoms with Gasteiger partial charge in [0.25, 0.3) is 0 Å². The van der Waals surface area contributed by atoms with Crippen LogP contribution in [0.25, 0.3) is 0 Å². The van der Waals surface area contributed by atoms with E-state index in [-0.39, 0.29) is 0 Å². The maximum absolute atomic E-state index is 5.34. The molecular formula is C14H22N2OS. The lowest BCUT2D eigenvalue weighted by Crippen LogP contribution is -2.44. The highest BCUT2D eigenvalue weighted by Gasteiger charge is 2.16. The van der Waals surface area contributed by atoms with Crippen LogP contribution in [0.1, 0.15) is 44.8 Å². The van der Waals surface area contributed by atoms with Crippen LogP contribution in [0.5, 0.6) is 0 Å². The van der Waals surface area contributed by atoms with E-state index in [1.807, 2.05) is 12.1 Å². The topological polar surface area (TPSA) is 37.2 Å². The van der Waals surface area contributed by atoms with E-state index in [0.717, 1.165) is 23.7 Å². The van der Waals surface area contributed by atoms with Gasteiger partial charge in [-0.15, -0.1) is 0 Å². The molecule has 0 aliphatic heterocycles. The summed E-state index contributed by atoms with van der Waals surface area (Å²) in [5.74, 6) is 1.04. The fourth-order valence-corrected chi connectivity index (χ4v) is 2.77. The Morgan fingerprint density at radius 1 is 1.50 bits per heavy atom. The number of furan rings is 1. The molecule has 0 radical (unpaired) electrons. The summed E-state index contributed by atoms with van der Waals surface area (Å²) in [6.45, 7) is 2.16. The van der Waals surface area contributed by atoms with E-state index >= 15 is 0 Å². The summed E-state index contributed by atoms with van der Waals surface area (Å²) < 4.78 is 5.32. The minimum absolute atomic E-state index is 0.372. The van der Waals surface area contributed by atoms with Crippen LogP contribution in [0, 0.1) is 0 Å². The van der Waals surface area contributed by atoms with Crippen LogP contribution in [0.3, 0.4) is 0 Å². The Morgan fingerprint density at radius 3 is 2.94 bits per heavy atom. The Bertz CT molecular complexity index is 358. The first-order valence-electron chi connectivity index (χ1n) is 6.83. The molecule has 1 unspecified atom stereocenters. The van der Waals surface area contributed by atoms with Crippen molar-refractivity contribution in [2.24, 2.45) is 0 Å². The molecule has 0 spiro atoms. The fourth-order valence-electron chi connectivity index (χ4n) is 2.41. The molecule has 2 N–H and O–H groups in total. The van der Waals surface area contributed by atoms with Gasteiger partial charge in [-0.05, 0) is 50.5 Å². The number of thiocarbonyl (C=S) groups is 1. The first-order chi connectivity index (χ1) is 8.74. The second kappa shape index (κ2) is 6.78. The van der Waals surface area contributed by atoms with E-state index in [1.165, 1.54) is 25.7 Å². The molecule has 1 aliphatic rings. The Balaban J connectivity index is 1.63. The minimum Gasteiger partial charge on any atom is -0.469 e. The van der Waals surface area contributed by atoms with E-state index in [4.69, 9.17) is 16.6 Å². The summed E-state index contributed by atoms with van der Waals surface area (Å²) in [6, 6.07) is 4.90. The van der Waals surface area contributed by atoms with Crippen molar-refractivity contribution in [2.75, 3.05) is 0 Å². The first-order valence-corrected chi connectivity index (χ1v) is 7.24. The third kappa shape index (κ3) is 4.33. The molecule has 4 heteroatoms. The molecule has 1 aromatic rings. The van der Waals surface area contributed by atoms with Crippen LogP contribution >= 0.6 is 12.2 Å². The summed E-state index contributed by atoms with van der Waals surface area (Å²) in [5.41, 5.74) is 0. The van der Waals surface area contributed by atoms with Crippen LogP contribution in [0.15, 0.2) is 22.8 Å². The normalized spacial score (nSPS) is 17.6. The van der Waals surface area contributed by atoms with Crippen LogP contribution in [0.4, 0.5) is 0 Å². The van der Waals surface area contributed by atoms with Crippen molar-refractivity contribution in [3.8, 4) is 0 Å². The summed E-state index contributed by atoms with van der Waals surface area (Å²) in [4.78, 5) is 0. The molecule has 0 aromatic carbocycles. The molecule has 100 valence electrons. The Labute approximate surface area is 114 Å². The standard InChI is InChI=1S/C14H22N2OS/c1-11(8-9-13-7-4-10-17-13)15-14(18)16-12-5-2-3-6-12/h4,7,10-12H,2-3,5-6,8-9H2,1H3,(H2,15,16,18). The van der Waals surface area contributed by atoms with Crippen molar-refractivity contribution in [1.29, 1.82) is 0 Å². The van der Waals surface area contributed by atoms with Gasteiger partial charge in [0.2, 0.25) is 0 Å². The van der Waals surface area contributed by atoms with Crippen molar-refractivity contribution in [3.63, 3.8) is 0 Å². The molecule has 1 heterocycles. The van der Waals surface area contributed by atoms with Gasteiger partial charge in [0.1, 0.15) is 5.76 Å². The zero-order valence-corrected chi connectivity index (χ0v) is 11.8. The zero-order chi connectivity index (χ0) is 12.8. The third-order valence-corrected chi connectivity index (χ3v) is 3.71. The van der Waals surface area contributed by atoms with Crippen LogP contribution in [-0.4, -0.2) is 17.2 Å². The second-order valence-electron chi connectivity index (χ2n) is 5.12. The number of hydrogen-bond donors (Lipinski definition) is 2. The highest BCUT2D eigenvalue weighted by atomic mass is 32.1. The molecule has 1 fully saturated rings. The predicted molar refractivity (Wildman–Crippen MR) is 77.6 cm³/mol. The van der Waals surface area contributed by atoms with Gasteiger partial charge in [-0.25, -0.2) is 0 Å². The average Bonchev–Trinajstić information content (AvgIpc) is 2.98. The summed E-state index contributed by atoms with van der Waals surface area (Å²) >= 11 is 5.34. The molecule has 0 saturated heterocycles. The van der Waals surface area contributed by atoms with Gasteiger partial charge in [0.05, 0.1) is 6.26 Å². The monoisotopic (exact) mass is 266 g/mol. The van der Waals surface area contributed by atoms with E-state index in [1.54, 1.807) is 6.26 Å². The van der Waals surface area contributed by atoms with Gasteiger partial charge in [-0.3, -0.25) is 0 Å². The van der Waals surface area contributed by atoms with Crippen molar-refractivity contribution in [1.82, 2.24) is 10.6 Å². The summed E-state index contributed by atoms with van der Waals surface area (Å²) in [5, 5.41) is 7.55. The van der Waals surface area contributed by atoms with Crippen LogP contribution in [0.2, 0.25) is 0 Å². The van der Waals surface area contributed by atoms with Gasteiger partial charge >= 0.3 is 0 Å². The van der Waals surface area contributed by atoms with Crippen molar-refractivity contribution >= 4 is 17.3 Å². The van der Waals surface area contributed by atoms with E-state index in [9.17, 15) is 0 Å². The highest BCUT2D eigenvalue weighted by Crippen LogP contribution is 2.17. The van der Waals surface area contributed by atoms with Crippen molar-refractivity contribution < 1.29 is 4.42 Å². The minimum atomic E-state index is 0.372. The number of aryl methyl sites for hydroxylation is 1. The van der Waals surface area contributed by atoms with Crippen LogP contribution < -0.4 is 10.6 Å². The van der Waals surface area contributed by atoms with Crippen LogP contribution in [-0.2, 0) is 6.42 Å². The molecule has 3 nitrogen and oxygen atoms in total. The number of nitrogens with one attached hydrogen (secondary N) is 2. The highest BCUT2D eigenvalue weighted by molar-refractivity contribution is 7.80. The summed E-state index contributed by atoms with van der Waals surface area (Å²) in [6.07, 6.45) is 8.86. The van der Waals surface area contributed by atoms with Crippen molar-refractivity contribution in [3.05, 3.63) is 24.2 Å². The van der Waals surface area contributed by atoms with Gasteiger partial charge in [0, 0.05) is 18.5 Å². The molecular weight excluding hydrogens is 244 g/mol. The van der Waals surface area contributed by atoms with Gasteiger partial charge in [-0.1, -0.05) is 12.8 Å². The number of rotatable bonds is 5. The lowest BCUT2D eigenvalue weighted by molar-refractivity contribution is 0.481. The Kier molecular flexibility index (Phi) is 5.05. The van der Waals surface area contributed by atoms with Gasteiger partial charge in [-0.2, -0.15) is 0 Å². The Hall–Kier alpha value is -1.03. The molecule has 18 heavy (non-hydrogen) atoms. The molecule has 1 aliphatic carbocycles. The molecule has 1 saturated carbocycles. The first kappa shape index (κ1) is 13.4. The largest absolute Gasteiger partial charge is 0.469 e. The summed E-state index contributed by atoms with van der Waals surface area (Å²) in [7, 11) is 0. The van der Waals surface area contributed by atoms with E-state index < -0.39 is 0 Å². The predicted octanol–water partition coefficient (Wildman–Crippen LogP) is 3.01. The smallest absolute Gasteiger partial charge is 0.166 e. The molecule has 2 rings (SSSR count). The lowest BCUT2D eigenvalue weighted by atomic mass is 10.1. The van der Waals surface area contributed by atoms with E-state index in [0.29, 0.717) is 12.1 Å². The van der Waals surface area contributed by atoms with Gasteiger partial charge in [0.15, 0.2) is 5.11 Å². The van der Waals surface area contributed by atoms with E-state index in [2.05, 4.69) is 17.6 Å². The second-order valence-corrected chi connectivity index (χ2v) is 5.53. The molecule has 1 aromatic heterocycles. The zero-order valence-electron chi connectivity index (χ0n) is 10.9. The quantitative estimate of drug-likeness (QED) is 0.803. The average molecular weight is 266 g/mol.